The summed E-state index contributed by atoms with van der Waals surface area (Å²) in [7, 11) is 0. The molecule has 1 saturated heterocycles. The van der Waals surface area contributed by atoms with E-state index in [0.29, 0.717) is 59.9 Å². The van der Waals surface area contributed by atoms with Gasteiger partial charge in [0, 0.05) is 31.4 Å². The zero-order valence-electron chi connectivity index (χ0n) is 14.5. The van der Waals surface area contributed by atoms with Crippen LogP contribution in [0.3, 0.4) is 0 Å². The number of pyridine rings is 1. The molecule has 4 rings (SSSR count). The van der Waals surface area contributed by atoms with E-state index >= 15 is 0 Å². The number of aromatic nitrogens is 5. The average Bonchev–Trinajstić information content (AvgIpc) is 3.13. The molecule has 0 aromatic carbocycles. The Bertz CT molecular complexity index is 1030. The van der Waals surface area contributed by atoms with Crippen LogP contribution in [0.25, 0.3) is 22.4 Å². The number of aromatic amines is 1. The first-order valence-electron chi connectivity index (χ1n) is 8.54. The first-order chi connectivity index (χ1) is 13.1. The lowest BCUT2D eigenvalue weighted by molar-refractivity contribution is 0.313. The van der Waals surface area contributed by atoms with Crippen LogP contribution in [0.2, 0.25) is 5.02 Å². The Morgan fingerprint density at radius 1 is 1.33 bits per heavy atom. The molecular weight excluding hydrogens is 366 g/mol. The van der Waals surface area contributed by atoms with Crippen molar-refractivity contribution in [1.82, 2.24) is 25.1 Å². The van der Waals surface area contributed by atoms with Crippen LogP contribution in [-0.4, -0.2) is 44.8 Å². The van der Waals surface area contributed by atoms with Crippen LogP contribution in [0.4, 0.5) is 11.6 Å². The van der Waals surface area contributed by atoms with Gasteiger partial charge in [0.25, 0.3) is 0 Å². The van der Waals surface area contributed by atoms with Gasteiger partial charge in [-0.25, -0.2) is 15.0 Å². The maximum Gasteiger partial charge on any atom is 0.202 e. The standard InChI is InChI=1S/C17H18ClN9/c18-12-10(1-4-22-15(12)21)13-14-16(26-25-13)24-11(7-23-14)27-5-2-17(8-19,9-20)3-6-27/h1,4,7H,2-3,5-6,8,19H2,(H2,21,22)(H,24,25,26). The lowest BCUT2D eigenvalue weighted by atomic mass is 9.80. The van der Waals surface area contributed by atoms with E-state index in [4.69, 9.17) is 23.1 Å². The van der Waals surface area contributed by atoms with Crippen molar-refractivity contribution in [2.75, 3.05) is 30.3 Å². The number of hydrogen-bond donors (Lipinski definition) is 3. The van der Waals surface area contributed by atoms with Crippen LogP contribution in [-0.2, 0) is 0 Å². The normalized spacial score (nSPS) is 16.4. The zero-order chi connectivity index (χ0) is 19.0. The molecule has 5 N–H and O–H groups in total. The van der Waals surface area contributed by atoms with Gasteiger partial charge < -0.3 is 16.4 Å². The largest absolute Gasteiger partial charge is 0.382 e. The molecule has 0 atom stereocenters. The van der Waals surface area contributed by atoms with Gasteiger partial charge in [-0.1, -0.05) is 11.6 Å². The van der Waals surface area contributed by atoms with E-state index in [9.17, 15) is 5.26 Å². The fraction of sp³-hybridized carbons (Fsp3) is 0.353. The molecule has 0 aliphatic carbocycles. The Morgan fingerprint density at radius 2 is 2.11 bits per heavy atom. The van der Waals surface area contributed by atoms with Crippen molar-refractivity contribution in [2.24, 2.45) is 11.1 Å². The minimum absolute atomic E-state index is 0.246. The number of anilines is 2. The fourth-order valence-corrected chi connectivity index (χ4v) is 3.51. The number of H-pyrrole nitrogens is 1. The highest BCUT2D eigenvalue weighted by atomic mass is 35.5. The zero-order valence-corrected chi connectivity index (χ0v) is 15.2. The number of piperidine rings is 1. The van der Waals surface area contributed by atoms with Gasteiger partial charge in [0.1, 0.15) is 17.2 Å². The van der Waals surface area contributed by atoms with Crippen LogP contribution < -0.4 is 16.4 Å². The molecule has 0 saturated carbocycles. The third kappa shape index (κ3) is 2.93. The van der Waals surface area contributed by atoms with Crippen LogP contribution in [0.5, 0.6) is 0 Å². The second kappa shape index (κ2) is 6.64. The van der Waals surface area contributed by atoms with Crippen molar-refractivity contribution >= 4 is 34.4 Å². The molecule has 1 aliphatic heterocycles. The van der Waals surface area contributed by atoms with E-state index in [2.05, 4.69) is 36.1 Å². The van der Waals surface area contributed by atoms with Gasteiger partial charge in [-0.15, -0.1) is 0 Å². The number of nitrogens with zero attached hydrogens (tertiary/aromatic N) is 6. The molecule has 0 spiro atoms. The minimum atomic E-state index is -0.439. The number of rotatable bonds is 3. The second-order valence-corrected chi connectivity index (χ2v) is 7.02. The molecule has 3 aromatic rings. The summed E-state index contributed by atoms with van der Waals surface area (Å²) >= 11 is 6.26. The molecule has 4 heterocycles. The highest BCUT2D eigenvalue weighted by Crippen LogP contribution is 2.34. The fourth-order valence-electron chi connectivity index (χ4n) is 3.31. The van der Waals surface area contributed by atoms with E-state index in [-0.39, 0.29) is 5.82 Å². The summed E-state index contributed by atoms with van der Waals surface area (Å²) in [5, 5.41) is 16.9. The van der Waals surface area contributed by atoms with E-state index in [1.807, 2.05) is 0 Å². The third-order valence-electron chi connectivity index (χ3n) is 5.11. The maximum atomic E-state index is 9.38. The Balaban J connectivity index is 1.64. The SMILES string of the molecule is N#CC1(CN)CCN(c2cnc3c(-c4ccnc(N)c4Cl)[nH]nc3n2)CC1. The third-order valence-corrected chi connectivity index (χ3v) is 5.51. The van der Waals surface area contributed by atoms with Crippen molar-refractivity contribution in [3.8, 4) is 17.3 Å². The van der Waals surface area contributed by atoms with Crippen LogP contribution in [0, 0.1) is 16.7 Å². The van der Waals surface area contributed by atoms with Crippen molar-refractivity contribution in [2.45, 2.75) is 12.8 Å². The lowest BCUT2D eigenvalue weighted by Crippen LogP contribution is -2.43. The summed E-state index contributed by atoms with van der Waals surface area (Å²) in [4.78, 5) is 15.2. The summed E-state index contributed by atoms with van der Waals surface area (Å²) in [6.45, 7) is 1.78. The number of hydrogen-bond acceptors (Lipinski definition) is 8. The maximum absolute atomic E-state index is 9.38. The highest BCUT2D eigenvalue weighted by molar-refractivity contribution is 6.35. The molecule has 27 heavy (non-hydrogen) atoms. The van der Waals surface area contributed by atoms with Gasteiger partial charge in [0.15, 0.2) is 0 Å². The molecule has 10 heteroatoms. The lowest BCUT2D eigenvalue weighted by Gasteiger charge is -2.36. The number of nitrogens with two attached hydrogens (primary N) is 2. The Hall–Kier alpha value is -2.96. The van der Waals surface area contributed by atoms with E-state index < -0.39 is 5.41 Å². The molecule has 1 aliphatic rings. The first-order valence-corrected chi connectivity index (χ1v) is 8.92. The summed E-state index contributed by atoms with van der Waals surface area (Å²) in [6, 6.07) is 4.12. The van der Waals surface area contributed by atoms with Gasteiger partial charge in [-0.2, -0.15) is 10.4 Å². The molecule has 3 aromatic heterocycles. The molecule has 1 fully saturated rings. The number of fused-ring (bicyclic) bond motifs is 1. The number of halogens is 1. The van der Waals surface area contributed by atoms with Gasteiger partial charge in [-0.05, 0) is 18.9 Å². The van der Waals surface area contributed by atoms with Crippen molar-refractivity contribution in [3.63, 3.8) is 0 Å². The average molecular weight is 384 g/mol. The Kier molecular flexibility index (Phi) is 4.30. The Morgan fingerprint density at radius 3 is 2.81 bits per heavy atom. The molecule has 9 nitrogen and oxygen atoms in total. The van der Waals surface area contributed by atoms with Crippen molar-refractivity contribution < 1.29 is 0 Å². The van der Waals surface area contributed by atoms with Crippen LogP contribution in [0.1, 0.15) is 12.8 Å². The van der Waals surface area contributed by atoms with Gasteiger partial charge >= 0.3 is 0 Å². The summed E-state index contributed by atoms with van der Waals surface area (Å²) in [5.74, 6) is 0.972. The first kappa shape index (κ1) is 17.5. The van der Waals surface area contributed by atoms with E-state index in [1.54, 1.807) is 18.5 Å². The molecular formula is C17H18ClN9. The summed E-state index contributed by atoms with van der Waals surface area (Å²) < 4.78 is 0. The molecule has 0 bridgehead atoms. The molecule has 138 valence electrons. The predicted octanol–water partition coefficient (Wildman–Crippen LogP) is 1.72. The Labute approximate surface area is 160 Å². The van der Waals surface area contributed by atoms with E-state index in [0.717, 1.165) is 5.82 Å². The smallest absolute Gasteiger partial charge is 0.202 e. The highest BCUT2D eigenvalue weighted by Gasteiger charge is 2.34. The second-order valence-electron chi connectivity index (χ2n) is 6.64. The van der Waals surface area contributed by atoms with E-state index in [1.165, 1.54) is 0 Å². The van der Waals surface area contributed by atoms with Crippen molar-refractivity contribution in [1.29, 1.82) is 5.26 Å². The van der Waals surface area contributed by atoms with Crippen molar-refractivity contribution in [3.05, 3.63) is 23.5 Å². The topological polar surface area (TPSA) is 146 Å². The van der Waals surface area contributed by atoms with Gasteiger partial charge in [0.2, 0.25) is 5.65 Å². The number of nitrogen functional groups attached to an aromatic ring is 1. The molecule has 0 radical (unpaired) electrons. The minimum Gasteiger partial charge on any atom is -0.382 e. The van der Waals surface area contributed by atoms with Gasteiger partial charge in [0.05, 0.1) is 28.4 Å². The van der Waals surface area contributed by atoms with Gasteiger partial charge in [-0.3, -0.25) is 5.10 Å². The predicted molar refractivity (Wildman–Crippen MR) is 103 cm³/mol. The summed E-state index contributed by atoms with van der Waals surface area (Å²) in [5.41, 5.74) is 13.5. The summed E-state index contributed by atoms with van der Waals surface area (Å²) in [6.07, 6.45) is 4.70. The van der Waals surface area contributed by atoms with Crippen LogP contribution >= 0.6 is 11.6 Å². The number of nitriles is 1. The monoisotopic (exact) mass is 383 g/mol. The molecule has 0 unspecified atom stereocenters. The van der Waals surface area contributed by atoms with Crippen LogP contribution in [0.15, 0.2) is 18.5 Å². The quantitative estimate of drug-likeness (QED) is 0.619. The molecule has 0 amide bonds. The number of nitrogens with one attached hydrogen (secondary N) is 1.